The Bertz CT molecular complexity index is 895. The second-order valence-electron chi connectivity index (χ2n) is 8.86. The number of quaternary nitrogens is 1. The lowest BCUT2D eigenvalue weighted by molar-refractivity contribution is -0.926. The number of nitrogens with zero attached hydrogens (tertiary/aromatic N) is 1. The number of carbonyl (C=O) groups excluding carboxylic acids is 1. The molecule has 2 unspecified atom stereocenters. The van der Waals surface area contributed by atoms with E-state index < -0.39 is 5.41 Å². The van der Waals surface area contributed by atoms with Gasteiger partial charge in [-0.1, -0.05) is 48.5 Å². The van der Waals surface area contributed by atoms with Gasteiger partial charge in [-0.15, -0.1) is 0 Å². The van der Waals surface area contributed by atoms with E-state index in [1.54, 1.807) is 0 Å². The Hall–Kier alpha value is -2.39. The van der Waals surface area contributed by atoms with Crippen molar-refractivity contribution in [1.82, 2.24) is 0 Å². The Labute approximate surface area is 160 Å². The van der Waals surface area contributed by atoms with Gasteiger partial charge in [0.05, 0.1) is 14.1 Å². The topological polar surface area (TPSA) is 26.3 Å². The average Bonchev–Trinajstić information content (AvgIpc) is 2.96. The third-order valence-electron chi connectivity index (χ3n) is 7.18. The van der Waals surface area contributed by atoms with Gasteiger partial charge in [0.2, 0.25) is 0 Å². The number of fused-ring (bicyclic) bond motifs is 5. The summed E-state index contributed by atoms with van der Waals surface area (Å²) in [7, 11) is 4.55. The number of piperidine rings is 1. The second-order valence-corrected chi connectivity index (χ2v) is 8.86. The van der Waals surface area contributed by atoms with Crippen molar-refractivity contribution in [2.24, 2.45) is 0 Å². The lowest BCUT2D eigenvalue weighted by Crippen LogP contribution is -2.57. The monoisotopic (exact) mass is 360 g/mol. The van der Waals surface area contributed by atoms with Crippen LogP contribution in [0.4, 0.5) is 0 Å². The van der Waals surface area contributed by atoms with E-state index in [-0.39, 0.29) is 12.1 Å². The summed E-state index contributed by atoms with van der Waals surface area (Å²) in [5.74, 6) is -0.114. The van der Waals surface area contributed by atoms with Crippen LogP contribution >= 0.6 is 0 Å². The lowest BCUT2D eigenvalue weighted by Gasteiger charge is -2.44. The fourth-order valence-electron chi connectivity index (χ4n) is 5.32. The van der Waals surface area contributed by atoms with Gasteiger partial charge < -0.3 is 9.22 Å². The number of hydrogen-bond donors (Lipinski definition) is 0. The maximum absolute atomic E-state index is 13.5. The highest BCUT2D eigenvalue weighted by molar-refractivity contribution is 5.97. The van der Waals surface area contributed by atoms with Gasteiger partial charge in [-0.2, -0.15) is 0 Å². The Balaban J connectivity index is 1.47. The fourth-order valence-corrected chi connectivity index (χ4v) is 5.32. The van der Waals surface area contributed by atoms with E-state index in [1.807, 2.05) is 31.2 Å². The van der Waals surface area contributed by atoms with Crippen LogP contribution < -0.4 is 0 Å². The zero-order valence-corrected chi connectivity index (χ0v) is 16.2. The number of esters is 1. The summed E-state index contributed by atoms with van der Waals surface area (Å²) in [6, 6.07) is 17.4. The predicted octanol–water partition coefficient (Wildman–Crippen LogP) is 4.06. The molecule has 0 N–H and O–H groups in total. The van der Waals surface area contributed by atoms with Gasteiger partial charge in [0.1, 0.15) is 23.6 Å². The van der Waals surface area contributed by atoms with Crippen molar-refractivity contribution in [3.63, 3.8) is 0 Å². The Morgan fingerprint density at radius 2 is 1.41 bits per heavy atom. The van der Waals surface area contributed by atoms with Crippen LogP contribution in [0.2, 0.25) is 0 Å². The van der Waals surface area contributed by atoms with Crippen LogP contribution in [0.5, 0.6) is 0 Å². The number of ether oxygens (including phenoxy) is 1. The molecule has 3 nitrogen and oxygen atoms in total. The van der Waals surface area contributed by atoms with Crippen LogP contribution in [0, 0.1) is 0 Å². The molecular formula is C24H26NO2+. The molecule has 0 saturated carbocycles. The van der Waals surface area contributed by atoms with Crippen molar-refractivity contribution >= 4 is 5.97 Å². The van der Waals surface area contributed by atoms with E-state index in [0.29, 0.717) is 12.1 Å². The van der Waals surface area contributed by atoms with Crippen molar-refractivity contribution < 1.29 is 14.0 Å². The molecule has 1 saturated heterocycles. The summed E-state index contributed by atoms with van der Waals surface area (Å²) in [4.78, 5) is 13.5. The quantitative estimate of drug-likeness (QED) is 0.459. The number of likely N-dealkylation sites (N-methyl/N-ethyl adjacent to an activating group) is 1. The predicted molar refractivity (Wildman–Crippen MR) is 106 cm³/mol. The zero-order chi connectivity index (χ0) is 18.8. The molecular weight excluding hydrogens is 334 g/mol. The molecule has 0 aromatic heterocycles. The molecule has 27 heavy (non-hydrogen) atoms. The van der Waals surface area contributed by atoms with Crippen LogP contribution in [-0.4, -0.2) is 42.7 Å². The van der Waals surface area contributed by atoms with Crippen LogP contribution in [-0.2, 0) is 14.9 Å². The first-order chi connectivity index (χ1) is 12.9. The zero-order valence-electron chi connectivity index (χ0n) is 16.2. The lowest BCUT2D eigenvalue weighted by atomic mass is 9.80. The van der Waals surface area contributed by atoms with Gasteiger partial charge in [-0.25, -0.2) is 0 Å². The van der Waals surface area contributed by atoms with Crippen molar-refractivity contribution in [1.29, 1.82) is 0 Å². The Morgan fingerprint density at radius 3 is 1.93 bits per heavy atom. The van der Waals surface area contributed by atoms with Crippen molar-refractivity contribution in [2.75, 3.05) is 14.1 Å². The molecule has 0 radical (unpaired) electrons. The highest BCUT2D eigenvalue weighted by Crippen LogP contribution is 2.49. The first-order valence-electron chi connectivity index (χ1n) is 9.84. The van der Waals surface area contributed by atoms with Gasteiger partial charge in [-0.3, -0.25) is 4.79 Å². The summed E-state index contributed by atoms with van der Waals surface area (Å²) >= 11 is 0. The molecule has 2 aromatic carbocycles. The maximum atomic E-state index is 13.5. The summed E-state index contributed by atoms with van der Waals surface area (Å²) in [5, 5.41) is 0. The summed E-state index contributed by atoms with van der Waals surface area (Å²) in [6.07, 6.45) is 6.42. The fraction of sp³-hybridized carbons (Fsp3) is 0.375. The van der Waals surface area contributed by atoms with Crippen molar-refractivity contribution in [2.45, 2.75) is 43.4 Å². The van der Waals surface area contributed by atoms with E-state index >= 15 is 0 Å². The summed E-state index contributed by atoms with van der Waals surface area (Å²) < 4.78 is 7.16. The van der Waals surface area contributed by atoms with E-state index in [2.05, 4.69) is 50.5 Å². The molecule has 138 valence electrons. The van der Waals surface area contributed by atoms with Gasteiger partial charge in [0, 0.05) is 12.8 Å². The van der Waals surface area contributed by atoms with Crippen molar-refractivity contribution in [3.8, 4) is 11.1 Å². The second kappa shape index (κ2) is 5.56. The Morgan fingerprint density at radius 1 is 0.926 bits per heavy atom. The van der Waals surface area contributed by atoms with Gasteiger partial charge in [0.25, 0.3) is 0 Å². The van der Waals surface area contributed by atoms with Gasteiger partial charge in [0.15, 0.2) is 0 Å². The standard InChI is InChI=1S/C24H26NO2/c1-24(21-10-6-4-8-19(21)20-9-5-7-11-22(20)24)23(26)27-18-14-16-12-13-17(15-18)25(16,2)3/h4-13,16-18H,14-15H2,1-3H3/q+1. The van der Waals surface area contributed by atoms with Crippen molar-refractivity contribution in [3.05, 3.63) is 71.8 Å². The number of hydrogen-bond acceptors (Lipinski definition) is 2. The highest BCUT2D eigenvalue weighted by atomic mass is 16.5. The van der Waals surface area contributed by atoms with Crippen LogP contribution in [0.1, 0.15) is 30.9 Å². The normalized spacial score (nSPS) is 28.5. The molecule has 0 amide bonds. The number of benzene rings is 2. The SMILES string of the molecule is CC1(C(=O)OC2CC3C=CC(C2)[N+]3(C)C)c2ccccc2-c2ccccc21. The van der Waals surface area contributed by atoms with Gasteiger partial charge >= 0.3 is 5.97 Å². The number of rotatable bonds is 2. The van der Waals surface area contributed by atoms with E-state index in [4.69, 9.17) is 4.74 Å². The van der Waals surface area contributed by atoms with E-state index in [0.717, 1.165) is 39.6 Å². The average molecular weight is 360 g/mol. The Kier molecular flexibility index (Phi) is 3.45. The minimum absolute atomic E-state index is 0.00889. The molecule has 2 bridgehead atoms. The molecule has 1 aliphatic carbocycles. The third-order valence-corrected chi connectivity index (χ3v) is 7.18. The summed E-state index contributed by atoms with van der Waals surface area (Å²) in [5.41, 5.74) is 3.68. The van der Waals surface area contributed by atoms with Gasteiger partial charge in [-0.05, 0) is 41.3 Å². The first kappa shape index (κ1) is 16.8. The minimum atomic E-state index is -0.735. The number of carbonyl (C=O) groups is 1. The molecule has 3 aliphatic rings. The first-order valence-corrected chi connectivity index (χ1v) is 9.84. The minimum Gasteiger partial charge on any atom is -0.461 e. The molecule has 1 fully saturated rings. The van der Waals surface area contributed by atoms with E-state index in [9.17, 15) is 4.79 Å². The maximum Gasteiger partial charge on any atom is 0.321 e. The molecule has 5 rings (SSSR count). The molecule has 2 heterocycles. The summed E-state index contributed by atoms with van der Waals surface area (Å²) in [6.45, 7) is 2.02. The molecule has 2 aromatic rings. The smallest absolute Gasteiger partial charge is 0.321 e. The molecule has 2 atom stereocenters. The largest absolute Gasteiger partial charge is 0.461 e. The third kappa shape index (κ3) is 2.21. The van der Waals surface area contributed by atoms with Crippen LogP contribution in [0.15, 0.2) is 60.7 Å². The van der Waals surface area contributed by atoms with E-state index in [1.165, 1.54) is 0 Å². The molecule has 3 heteroatoms. The van der Waals surface area contributed by atoms with Crippen LogP contribution in [0.3, 0.4) is 0 Å². The van der Waals surface area contributed by atoms with Crippen LogP contribution in [0.25, 0.3) is 11.1 Å². The molecule has 2 aliphatic heterocycles. The highest BCUT2D eigenvalue weighted by Gasteiger charge is 2.50. The molecule has 0 spiro atoms.